The first kappa shape index (κ1) is 28.7. The Labute approximate surface area is 237 Å². The van der Waals surface area contributed by atoms with Gasteiger partial charge in [-0.25, -0.2) is 0 Å². The van der Waals surface area contributed by atoms with Crippen LogP contribution in [-0.4, -0.2) is 42.1 Å². The number of carbonyl (C=O) groups is 4. The van der Waals surface area contributed by atoms with Crippen molar-refractivity contribution in [3.05, 3.63) is 22.8 Å². The summed E-state index contributed by atoms with van der Waals surface area (Å²) in [4.78, 5) is 54.6. The van der Waals surface area contributed by atoms with Gasteiger partial charge < -0.3 is 9.84 Å². The number of ketones is 3. The molecule has 0 aliphatic heterocycles. The van der Waals surface area contributed by atoms with Crippen LogP contribution >= 0.6 is 11.6 Å². The second kappa shape index (κ2) is 8.61. The van der Waals surface area contributed by atoms with Gasteiger partial charge >= 0.3 is 5.97 Å². The van der Waals surface area contributed by atoms with E-state index in [1.165, 1.54) is 12.6 Å². The summed E-state index contributed by atoms with van der Waals surface area (Å²) in [5.41, 5.74) is -1.53. The van der Waals surface area contributed by atoms with Crippen LogP contribution < -0.4 is 0 Å². The molecule has 0 aromatic heterocycles. The highest BCUT2D eigenvalue weighted by Crippen LogP contribution is 2.75. The van der Waals surface area contributed by atoms with Crippen molar-refractivity contribution < 1.29 is 29.0 Å². The molecule has 0 saturated heterocycles. The van der Waals surface area contributed by atoms with Crippen LogP contribution in [0.1, 0.15) is 86.5 Å². The standard InChI is InChI=1S/C32H43ClO6/c1-27(2)10-12-32(26(38)39-7)13-11-30(5)23(18(32)15-27)20(35)14-22-29(30,4)9-8-21-28(3,17-34)25(37)24(36)19(16-33)31(21,22)6/h14,16,18,21,23,34H,8-13,15,17H2,1-7H3. The van der Waals surface area contributed by atoms with Gasteiger partial charge in [0.15, 0.2) is 5.78 Å². The van der Waals surface area contributed by atoms with Gasteiger partial charge in [0, 0.05) is 22.4 Å². The maximum atomic E-state index is 14.5. The molecule has 0 bridgehead atoms. The zero-order valence-electron chi connectivity index (χ0n) is 24.4. The lowest BCUT2D eigenvalue weighted by Gasteiger charge is -2.69. The molecule has 0 aromatic rings. The molecule has 0 spiro atoms. The lowest BCUT2D eigenvalue weighted by atomic mass is 9.33. The van der Waals surface area contributed by atoms with E-state index in [-0.39, 0.29) is 40.5 Å². The molecule has 7 heteroatoms. The molecule has 214 valence electrons. The molecule has 5 aliphatic carbocycles. The van der Waals surface area contributed by atoms with Crippen molar-refractivity contribution in [2.75, 3.05) is 13.7 Å². The number of aliphatic hydroxyl groups is 1. The molecule has 0 heterocycles. The summed E-state index contributed by atoms with van der Waals surface area (Å²) in [6.45, 7) is 12.0. The third-order valence-electron chi connectivity index (χ3n) is 12.9. The summed E-state index contributed by atoms with van der Waals surface area (Å²) in [5.74, 6) is -2.36. The molecule has 8 atom stereocenters. The number of allylic oxidation sites excluding steroid dienone is 3. The summed E-state index contributed by atoms with van der Waals surface area (Å²) in [6, 6.07) is 0. The van der Waals surface area contributed by atoms with Gasteiger partial charge in [0.05, 0.1) is 24.5 Å². The number of aliphatic hydroxyl groups excluding tert-OH is 1. The summed E-state index contributed by atoms with van der Waals surface area (Å²) in [7, 11) is 1.45. The van der Waals surface area contributed by atoms with E-state index in [2.05, 4.69) is 27.7 Å². The highest BCUT2D eigenvalue weighted by molar-refractivity contribution is 6.48. The van der Waals surface area contributed by atoms with Gasteiger partial charge in [0.25, 0.3) is 0 Å². The monoisotopic (exact) mass is 558 g/mol. The molecule has 0 radical (unpaired) electrons. The number of hydrogen-bond donors (Lipinski definition) is 1. The fourth-order valence-corrected chi connectivity index (χ4v) is 10.6. The summed E-state index contributed by atoms with van der Waals surface area (Å²) >= 11 is 6.30. The lowest BCUT2D eigenvalue weighted by Crippen LogP contribution is -2.67. The van der Waals surface area contributed by atoms with Gasteiger partial charge in [-0.3, -0.25) is 19.2 Å². The third-order valence-corrected chi connectivity index (χ3v) is 13.1. The normalized spacial score (nSPS) is 47.9. The first-order valence-corrected chi connectivity index (χ1v) is 14.8. The van der Waals surface area contributed by atoms with Crippen LogP contribution in [0.2, 0.25) is 0 Å². The van der Waals surface area contributed by atoms with Crippen LogP contribution in [0.5, 0.6) is 0 Å². The van der Waals surface area contributed by atoms with Crippen LogP contribution in [0.25, 0.3) is 0 Å². The Morgan fingerprint density at radius 1 is 1.05 bits per heavy atom. The van der Waals surface area contributed by atoms with E-state index in [0.717, 1.165) is 24.8 Å². The number of esters is 1. The minimum atomic E-state index is -1.25. The van der Waals surface area contributed by atoms with Gasteiger partial charge in [-0.15, -0.1) is 0 Å². The SMILES string of the molecule is COC(=O)C12CCC(C)(C)CC1C1C(=O)C=C3C4(C)C(=CCl)C(=O)C(=O)C(C)(CO)C4CCC3(C)C1(C)CC2. The van der Waals surface area contributed by atoms with E-state index in [0.29, 0.717) is 25.7 Å². The minimum Gasteiger partial charge on any atom is -0.469 e. The molecule has 4 saturated carbocycles. The van der Waals surface area contributed by atoms with Crippen molar-refractivity contribution in [2.24, 2.45) is 50.2 Å². The van der Waals surface area contributed by atoms with E-state index in [9.17, 15) is 24.3 Å². The van der Waals surface area contributed by atoms with Crippen molar-refractivity contribution in [2.45, 2.75) is 86.5 Å². The first-order valence-electron chi connectivity index (χ1n) is 14.4. The van der Waals surface area contributed by atoms with Crippen molar-refractivity contribution in [1.82, 2.24) is 0 Å². The van der Waals surface area contributed by atoms with Gasteiger partial charge in [0.2, 0.25) is 11.6 Å². The van der Waals surface area contributed by atoms with Gasteiger partial charge in [-0.2, -0.15) is 0 Å². The molecule has 5 rings (SSSR count). The van der Waals surface area contributed by atoms with Crippen molar-refractivity contribution in [3.8, 4) is 0 Å². The Kier molecular flexibility index (Phi) is 6.34. The number of methoxy groups -OCH3 is 1. The Bertz CT molecular complexity index is 1230. The van der Waals surface area contributed by atoms with E-state index in [1.54, 1.807) is 13.0 Å². The van der Waals surface area contributed by atoms with Gasteiger partial charge in [0.1, 0.15) is 0 Å². The number of Topliss-reactive ketones (excluding diaryl/α,β-unsaturated/α-hetero) is 2. The summed E-state index contributed by atoms with van der Waals surface area (Å²) in [5, 5.41) is 10.4. The second-order valence-corrected chi connectivity index (χ2v) is 15.1. The first-order chi connectivity index (χ1) is 18.0. The lowest BCUT2D eigenvalue weighted by molar-refractivity contribution is -0.192. The van der Waals surface area contributed by atoms with Gasteiger partial charge in [-0.05, 0) is 91.6 Å². The molecule has 4 fully saturated rings. The number of halogens is 1. The van der Waals surface area contributed by atoms with E-state index < -0.39 is 45.2 Å². The van der Waals surface area contributed by atoms with Crippen LogP contribution in [0, 0.1) is 50.2 Å². The predicted octanol–water partition coefficient (Wildman–Crippen LogP) is 5.59. The third kappa shape index (κ3) is 3.31. The predicted molar refractivity (Wildman–Crippen MR) is 148 cm³/mol. The van der Waals surface area contributed by atoms with E-state index in [4.69, 9.17) is 16.3 Å². The smallest absolute Gasteiger partial charge is 0.312 e. The molecule has 6 nitrogen and oxygen atoms in total. The Morgan fingerprint density at radius 3 is 2.28 bits per heavy atom. The topological polar surface area (TPSA) is 97.7 Å². The zero-order valence-corrected chi connectivity index (χ0v) is 25.2. The molecular formula is C32H43ClO6. The fourth-order valence-electron chi connectivity index (χ4n) is 10.3. The average molecular weight is 559 g/mol. The average Bonchev–Trinajstić information content (AvgIpc) is 2.88. The number of rotatable bonds is 2. The number of hydrogen-bond acceptors (Lipinski definition) is 6. The Balaban J connectivity index is 1.73. The Morgan fingerprint density at radius 2 is 1.69 bits per heavy atom. The van der Waals surface area contributed by atoms with Crippen molar-refractivity contribution in [1.29, 1.82) is 0 Å². The number of fused-ring (bicyclic) bond motifs is 7. The van der Waals surface area contributed by atoms with Crippen LogP contribution in [0.4, 0.5) is 0 Å². The summed E-state index contributed by atoms with van der Waals surface area (Å²) < 4.78 is 5.39. The molecule has 39 heavy (non-hydrogen) atoms. The van der Waals surface area contributed by atoms with Crippen LogP contribution in [0.15, 0.2) is 22.8 Å². The zero-order chi connectivity index (χ0) is 29.0. The van der Waals surface area contributed by atoms with E-state index in [1.807, 2.05) is 6.92 Å². The van der Waals surface area contributed by atoms with Crippen molar-refractivity contribution in [3.63, 3.8) is 0 Å². The number of ether oxygens (including phenoxy) is 1. The quantitative estimate of drug-likeness (QED) is 0.269. The maximum absolute atomic E-state index is 14.5. The minimum absolute atomic E-state index is 0.00285. The largest absolute Gasteiger partial charge is 0.469 e. The van der Waals surface area contributed by atoms with Crippen LogP contribution in [0.3, 0.4) is 0 Å². The van der Waals surface area contributed by atoms with Gasteiger partial charge in [-0.1, -0.05) is 46.2 Å². The van der Waals surface area contributed by atoms with E-state index >= 15 is 0 Å². The molecule has 1 N–H and O–H groups in total. The Hall–Kier alpha value is -1.79. The number of carbonyl (C=O) groups excluding carboxylic acids is 4. The maximum Gasteiger partial charge on any atom is 0.312 e. The summed E-state index contributed by atoms with van der Waals surface area (Å²) in [6.07, 6.45) is 6.83. The highest BCUT2D eigenvalue weighted by Gasteiger charge is 2.73. The molecule has 8 unspecified atom stereocenters. The molecular weight excluding hydrogens is 516 g/mol. The second-order valence-electron chi connectivity index (χ2n) is 14.9. The molecule has 5 aliphatic rings. The van der Waals surface area contributed by atoms with Crippen LogP contribution in [-0.2, 0) is 23.9 Å². The molecule has 0 amide bonds. The highest BCUT2D eigenvalue weighted by atomic mass is 35.5. The van der Waals surface area contributed by atoms with Crippen molar-refractivity contribution >= 4 is 34.9 Å². The molecule has 0 aromatic carbocycles. The fraction of sp³-hybridized carbons (Fsp3) is 0.750.